The number of nitrogens with zero attached hydrogens (tertiary/aromatic N) is 2. The standard InChI is InChI=1S/C7H4N2O3/c10-7(11)5-4-2-1-3-8-6(4)9-12-5/h1-3H,(H,10,11). The molecule has 0 aromatic carbocycles. The number of carboxylic acid groups (broad SMARTS) is 1. The van der Waals surface area contributed by atoms with Crippen LogP contribution in [0.2, 0.25) is 0 Å². The number of carboxylic acids is 1. The van der Waals surface area contributed by atoms with Gasteiger partial charge in [-0.2, -0.15) is 0 Å². The Balaban J connectivity index is 2.79. The number of fused-ring (bicyclic) bond motifs is 1. The number of carbonyl (C=O) groups is 1. The lowest BCUT2D eigenvalue weighted by Gasteiger charge is -1.84. The van der Waals surface area contributed by atoms with Crippen LogP contribution in [0.5, 0.6) is 0 Å². The number of rotatable bonds is 1. The summed E-state index contributed by atoms with van der Waals surface area (Å²) in [5.41, 5.74) is 0.315. The SMILES string of the molecule is O=C(O)c1onc2ncccc12. The summed E-state index contributed by atoms with van der Waals surface area (Å²) in [6.45, 7) is 0. The molecular formula is C7H4N2O3. The predicted octanol–water partition coefficient (Wildman–Crippen LogP) is 0.921. The van der Waals surface area contributed by atoms with Crippen molar-refractivity contribution in [3.63, 3.8) is 0 Å². The molecule has 0 bridgehead atoms. The van der Waals surface area contributed by atoms with Gasteiger partial charge in [0.15, 0.2) is 0 Å². The molecule has 0 saturated carbocycles. The first kappa shape index (κ1) is 6.78. The lowest BCUT2D eigenvalue weighted by Crippen LogP contribution is -1.93. The lowest BCUT2D eigenvalue weighted by atomic mass is 10.3. The van der Waals surface area contributed by atoms with Crippen molar-refractivity contribution in [2.75, 3.05) is 0 Å². The van der Waals surface area contributed by atoms with E-state index in [1.54, 1.807) is 12.1 Å². The van der Waals surface area contributed by atoms with Gasteiger partial charge in [0.25, 0.3) is 5.76 Å². The van der Waals surface area contributed by atoms with Crippen molar-refractivity contribution in [2.24, 2.45) is 0 Å². The first-order chi connectivity index (χ1) is 5.79. The van der Waals surface area contributed by atoms with Crippen LogP contribution in [0.1, 0.15) is 10.6 Å². The molecule has 0 radical (unpaired) electrons. The molecule has 1 N–H and O–H groups in total. The Labute approximate surface area is 66.6 Å². The molecule has 2 aromatic rings. The minimum Gasteiger partial charge on any atom is -0.475 e. The second-order valence-electron chi connectivity index (χ2n) is 2.19. The van der Waals surface area contributed by atoms with Gasteiger partial charge in [-0.25, -0.2) is 9.78 Å². The van der Waals surface area contributed by atoms with Crippen LogP contribution in [0.4, 0.5) is 0 Å². The molecule has 0 aliphatic rings. The average molecular weight is 164 g/mol. The molecular weight excluding hydrogens is 160 g/mol. The summed E-state index contributed by atoms with van der Waals surface area (Å²) in [5, 5.41) is 12.5. The summed E-state index contributed by atoms with van der Waals surface area (Å²) >= 11 is 0. The van der Waals surface area contributed by atoms with Crippen LogP contribution in [0.25, 0.3) is 11.0 Å². The number of aromatic carboxylic acids is 1. The molecule has 2 rings (SSSR count). The van der Waals surface area contributed by atoms with Crippen LogP contribution in [-0.4, -0.2) is 21.2 Å². The van der Waals surface area contributed by atoms with Gasteiger partial charge < -0.3 is 9.63 Å². The Morgan fingerprint density at radius 2 is 2.42 bits per heavy atom. The van der Waals surface area contributed by atoms with E-state index in [0.717, 1.165) is 0 Å². The predicted molar refractivity (Wildman–Crippen MR) is 38.8 cm³/mol. The van der Waals surface area contributed by atoms with Crippen molar-refractivity contribution in [1.82, 2.24) is 10.1 Å². The van der Waals surface area contributed by atoms with Crippen LogP contribution in [0, 0.1) is 0 Å². The zero-order valence-electron chi connectivity index (χ0n) is 5.89. The van der Waals surface area contributed by atoms with E-state index < -0.39 is 5.97 Å². The first-order valence-corrected chi connectivity index (χ1v) is 3.23. The third kappa shape index (κ3) is 0.833. The number of hydrogen-bond donors (Lipinski definition) is 1. The maximum atomic E-state index is 10.5. The number of aromatic nitrogens is 2. The normalized spacial score (nSPS) is 10.3. The van der Waals surface area contributed by atoms with Crippen LogP contribution in [0.3, 0.4) is 0 Å². The van der Waals surface area contributed by atoms with E-state index >= 15 is 0 Å². The maximum absolute atomic E-state index is 10.5. The molecule has 0 aliphatic carbocycles. The molecule has 2 heterocycles. The van der Waals surface area contributed by atoms with Crippen molar-refractivity contribution in [1.29, 1.82) is 0 Å². The monoisotopic (exact) mass is 164 g/mol. The highest BCUT2D eigenvalue weighted by molar-refractivity contribution is 5.98. The molecule has 60 valence electrons. The van der Waals surface area contributed by atoms with Gasteiger partial charge >= 0.3 is 5.97 Å². The molecule has 0 spiro atoms. The Kier molecular flexibility index (Phi) is 1.30. The Bertz CT molecular complexity index is 435. The fourth-order valence-electron chi connectivity index (χ4n) is 0.939. The highest BCUT2D eigenvalue weighted by atomic mass is 16.5. The van der Waals surface area contributed by atoms with Gasteiger partial charge in [0.05, 0.1) is 5.39 Å². The Morgan fingerprint density at radius 3 is 3.17 bits per heavy atom. The molecule has 0 aliphatic heterocycles. The van der Waals surface area contributed by atoms with Crippen molar-refractivity contribution < 1.29 is 14.4 Å². The average Bonchev–Trinajstić information content (AvgIpc) is 2.47. The van der Waals surface area contributed by atoms with Gasteiger partial charge in [-0.3, -0.25) is 0 Å². The fraction of sp³-hybridized carbons (Fsp3) is 0. The van der Waals surface area contributed by atoms with E-state index in [0.29, 0.717) is 11.0 Å². The van der Waals surface area contributed by atoms with Gasteiger partial charge in [0.1, 0.15) is 0 Å². The summed E-state index contributed by atoms with van der Waals surface area (Å²) in [5.74, 6) is -1.30. The Morgan fingerprint density at radius 1 is 1.58 bits per heavy atom. The van der Waals surface area contributed by atoms with E-state index in [-0.39, 0.29) is 5.76 Å². The highest BCUT2D eigenvalue weighted by Crippen LogP contribution is 2.14. The largest absolute Gasteiger partial charge is 0.475 e. The number of hydrogen-bond acceptors (Lipinski definition) is 4. The van der Waals surface area contributed by atoms with Crippen LogP contribution in [-0.2, 0) is 0 Å². The second-order valence-corrected chi connectivity index (χ2v) is 2.19. The molecule has 0 unspecified atom stereocenters. The summed E-state index contributed by atoms with van der Waals surface area (Å²) in [4.78, 5) is 14.3. The molecule has 0 saturated heterocycles. The maximum Gasteiger partial charge on any atom is 0.375 e. The molecule has 5 nitrogen and oxygen atoms in total. The van der Waals surface area contributed by atoms with Crippen molar-refractivity contribution in [2.45, 2.75) is 0 Å². The quantitative estimate of drug-likeness (QED) is 0.678. The number of pyridine rings is 1. The zero-order chi connectivity index (χ0) is 8.55. The van der Waals surface area contributed by atoms with E-state index in [4.69, 9.17) is 5.11 Å². The zero-order valence-corrected chi connectivity index (χ0v) is 5.89. The van der Waals surface area contributed by atoms with Crippen LogP contribution in [0.15, 0.2) is 22.9 Å². The topological polar surface area (TPSA) is 76.2 Å². The molecule has 12 heavy (non-hydrogen) atoms. The van der Waals surface area contributed by atoms with Gasteiger partial charge in [0.2, 0.25) is 5.65 Å². The smallest absolute Gasteiger partial charge is 0.375 e. The molecule has 5 heteroatoms. The van der Waals surface area contributed by atoms with Crippen molar-refractivity contribution >= 4 is 17.0 Å². The molecule has 2 aromatic heterocycles. The van der Waals surface area contributed by atoms with Gasteiger partial charge in [-0.15, -0.1) is 0 Å². The van der Waals surface area contributed by atoms with Crippen molar-refractivity contribution in [3.05, 3.63) is 24.1 Å². The third-order valence-corrected chi connectivity index (χ3v) is 1.45. The van der Waals surface area contributed by atoms with Gasteiger partial charge in [-0.1, -0.05) is 5.16 Å². The fourth-order valence-corrected chi connectivity index (χ4v) is 0.939. The lowest BCUT2D eigenvalue weighted by molar-refractivity contribution is 0.0655. The highest BCUT2D eigenvalue weighted by Gasteiger charge is 2.14. The minimum absolute atomic E-state index is 0.168. The van der Waals surface area contributed by atoms with E-state index in [9.17, 15) is 4.79 Å². The van der Waals surface area contributed by atoms with Crippen LogP contribution < -0.4 is 0 Å². The Hall–Kier alpha value is -1.91. The molecule has 0 atom stereocenters. The van der Waals surface area contributed by atoms with E-state index in [2.05, 4.69) is 14.7 Å². The molecule has 0 amide bonds. The van der Waals surface area contributed by atoms with Crippen LogP contribution >= 0.6 is 0 Å². The third-order valence-electron chi connectivity index (χ3n) is 1.45. The van der Waals surface area contributed by atoms with Crippen molar-refractivity contribution in [3.8, 4) is 0 Å². The van der Waals surface area contributed by atoms with Gasteiger partial charge in [0, 0.05) is 6.20 Å². The van der Waals surface area contributed by atoms with E-state index in [1.807, 2.05) is 0 Å². The first-order valence-electron chi connectivity index (χ1n) is 3.23. The summed E-state index contributed by atoms with van der Waals surface area (Å²) < 4.78 is 4.56. The van der Waals surface area contributed by atoms with E-state index in [1.165, 1.54) is 6.20 Å². The minimum atomic E-state index is -1.13. The second kappa shape index (κ2) is 2.30. The summed E-state index contributed by atoms with van der Waals surface area (Å²) in [7, 11) is 0. The van der Waals surface area contributed by atoms with Gasteiger partial charge in [-0.05, 0) is 12.1 Å². The summed E-state index contributed by atoms with van der Waals surface area (Å²) in [6, 6.07) is 3.23. The summed E-state index contributed by atoms with van der Waals surface area (Å²) in [6.07, 6.45) is 1.52. The molecule has 0 fully saturated rings.